The van der Waals surface area contributed by atoms with E-state index in [9.17, 15) is 18.0 Å². The van der Waals surface area contributed by atoms with Crippen LogP contribution >= 0.6 is 11.6 Å². The molecule has 2 atom stereocenters. The van der Waals surface area contributed by atoms with Crippen LogP contribution in [0.2, 0.25) is 5.15 Å². The maximum Gasteiger partial charge on any atom is 3.00 e. The third-order valence-corrected chi connectivity index (χ3v) is 5.45. The van der Waals surface area contributed by atoms with Gasteiger partial charge in [-0.15, -0.1) is 0 Å². The molecule has 3 aliphatic rings. The Hall–Kier alpha value is -0.196. The number of alkyl halides is 3. The third-order valence-electron chi connectivity index (χ3n) is 5.19. The molecule has 3 nitrogen and oxygen atoms in total. The van der Waals surface area contributed by atoms with Crippen LogP contribution in [-0.4, -0.2) is 21.9 Å². The molecule has 3 aliphatic carbocycles. The van der Waals surface area contributed by atoms with Gasteiger partial charge >= 0.3 is 38.9 Å². The summed E-state index contributed by atoms with van der Waals surface area (Å²) in [6, 6.07) is 0. The number of carbonyl (C=O) groups excluding carboxylic acids is 1. The van der Waals surface area contributed by atoms with E-state index in [2.05, 4.69) is 9.97 Å². The molecule has 23 heavy (non-hydrogen) atoms. The number of aromatic nitrogens is 2. The van der Waals surface area contributed by atoms with E-state index in [0.717, 1.165) is 0 Å². The van der Waals surface area contributed by atoms with Crippen LogP contribution in [-0.2, 0) is 32.7 Å². The minimum atomic E-state index is -4.27. The van der Waals surface area contributed by atoms with E-state index in [0.29, 0.717) is 17.3 Å². The van der Waals surface area contributed by atoms with Gasteiger partial charge in [0.25, 0.3) is 0 Å². The second-order valence-electron chi connectivity index (χ2n) is 6.16. The first-order valence-electron chi connectivity index (χ1n) is 6.88. The molecule has 0 aliphatic heterocycles. The number of hydrogen-bond donors (Lipinski definition) is 0. The SMILES string of the molecule is Cc1nc(Cl)c(C(=O)[C-]2C3[CH-]C4(C(F)(F)F)[CH-]C2C34)nc1C.[Y+3]. The Morgan fingerprint density at radius 2 is 1.74 bits per heavy atom. The number of ketones is 1. The number of carbonyl (C=O) groups is 1. The molecule has 1 aromatic heterocycles. The molecule has 3 saturated carbocycles. The molecule has 8 heteroatoms. The van der Waals surface area contributed by atoms with Gasteiger partial charge in [0.2, 0.25) is 0 Å². The zero-order valence-electron chi connectivity index (χ0n) is 12.3. The van der Waals surface area contributed by atoms with Crippen molar-refractivity contribution >= 4 is 17.4 Å². The first kappa shape index (κ1) is 17.6. The predicted octanol–water partition coefficient (Wildman–Crippen LogP) is 3.35. The van der Waals surface area contributed by atoms with Crippen molar-refractivity contribution in [1.82, 2.24) is 9.97 Å². The van der Waals surface area contributed by atoms with E-state index in [1.807, 2.05) is 0 Å². The van der Waals surface area contributed by atoms with Gasteiger partial charge in [-0.25, -0.2) is 17.8 Å². The number of Topliss-reactive ketones (excluding diaryl/α,β-unsaturated/α-hetero) is 1. The molecule has 4 rings (SSSR count). The maximum atomic E-state index is 13.0. The second-order valence-corrected chi connectivity index (χ2v) is 6.52. The van der Waals surface area contributed by atoms with Gasteiger partial charge in [0, 0.05) is 11.5 Å². The van der Waals surface area contributed by atoms with E-state index in [-0.39, 0.29) is 49.3 Å². The van der Waals surface area contributed by atoms with Gasteiger partial charge in [0.05, 0.1) is 10.8 Å². The summed E-state index contributed by atoms with van der Waals surface area (Å²) in [6.07, 6.45) is -1.81. The fourth-order valence-corrected chi connectivity index (χ4v) is 4.12. The average molecular weight is 417 g/mol. The van der Waals surface area contributed by atoms with Crippen LogP contribution in [0.5, 0.6) is 0 Å². The molecule has 0 N–H and O–H groups in total. The van der Waals surface area contributed by atoms with Crippen molar-refractivity contribution in [2.24, 2.45) is 23.2 Å². The van der Waals surface area contributed by atoms with Gasteiger partial charge < -0.3 is 22.6 Å². The summed E-state index contributed by atoms with van der Waals surface area (Å²) >= 11 is 5.98. The smallest absolute Gasteiger partial charge is 0.353 e. The van der Waals surface area contributed by atoms with Crippen LogP contribution in [0.3, 0.4) is 0 Å². The van der Waals surface area contributed by atoms with E-state index in [1.54, 1.807) is 13.8 Å². The molecule has 1 heterocycles. The van der Waals surface area contributed by atoms with E-state index < -0.39 is 29.3 Å². The number of halogens is 4. The monoisotopic (exact) mass is 416 g/mol. The van der Waals surface area contributed by atoms with E-state index in [4.69, 9.17) is 11.6 Å². The normalized spacial score (nSPS) is 33.7. The fraction of sp³-hybridized carbons (Fsp3) is 0.467. The Balaban J connectivity index is 0.00000156. The molecule has 0 bridgehead atoms. The number of hydrogen-bond acceptors (Lipinski definition) is 3. The van der Waals surface area contributed by atoms with Gasteiger partial charge in [-0.1, -0.05) is 11.6 Å². The zero-order valence-corrected chi connectivity index (χ0v) is 15.9. The Bertz CT molecular complexity index is 695. The first-order valence-corrected chi connectivity index (χ1v) is 7.26. The van der Waals surface area contributed by atoms with Gasteiger partial charge in [-0.3, -0.25) is 4.98 Å². The van der Waals surface area contributed by atoms with E-state index >= 15 is 0 Å². The molecule has 0 spiro atoms. The Kier molecular flexibility index (Phi) is 3.95. The summed E-state index contributed by atoms with van der Waals surface area (Å²) in [5.74, 6) is -1.22. The van der Waals surface area contributed by atoms with Gasteiger partial charge in [-0.2, -0.15) is 24.5 Å². The summed E-state index contributed by atoms with van der Waals surface area (Å²) in [5.41, 5.74) is -0.523. The second kappa shape index (κ2) is 5.15. The number of nitrogens with zero attached hydrogens (tertiary/aromatic N) is 2. The summed E-state index contributed by atoms with van der Waals surface area (Å²) < 4.78 is 39.0. The summed E-state index contributed by atoms with van der Waals surface area (Å²) in [5, 5.41) is 0.00443. The molecule has 0 amide bonds. The zero-order chi connectivity index (χ0) is 16.0. The van der Waals surface area contributed by atoms with E-state index in [1.165, 1.54) is 12.8 Å². The molecule has 0 radical (unpaired) electrons. The molecule has 118 valence electrons. The molecule has 3 fully saturated rings. The molecule has 1 aromatic rings. The van der Waals surface area contributed by atoms with Gasteiger partial charge in [0.1, 0.15) is 0 Å². The number of rotatable bonds is 2. The molecule has 2 unspecified atom stereocenters. The Morgan fingerprint density at radius 3 is 2.22 bits per heavy atom. The van der Waals surface area contributed by atoms with Crippen LogP contribution in [0, 0.1) is 55.8 Å². The summed E-state index contributed by atoms with van der Waals surface area (Å²) in [7, 11) is 0. The van der Waals surface area contributed by atoms with Crippen LogP contribution in [0.4, 0.5) is 13.2 Å². The topological polar surface area (TPSA) is 42.9 Å². The molecule has 0 aromatic carbocycles. The van der Waals surface area contributed by atoms with Crippen molar-refractivity contribution in [3.05, 3.63) is 41.0 Å². The van der Waals surface area contributed by atoms with Crippen molar-refractivity contribution < 1.29 is 50.7 Å². The Morgan fingerprint density at radius 1 is 1.22 bits per heavy atom. The molecule has 0 saturated heterocycles. The summed E-state index contributed by atoms with van der Waals surface area (Å²) in [6.45, 7) is 3.44. The average Bonchev–Trinajstić information content (AvgIpc) is 2.39. The van der Waals surface area contributed by atoms with Crippen molar-refractivity contribution in [2.75, 3.05) is 0 Å². The minimum absolute atomic E-state index is 0. The summed E-state index contributed by atoms with van der Waals surface area (Å²) in [4.78, 5) is 20.8. The van der Waals surface area contributed by atoms with Gasteiger partial charge in [-0.05, 0) is 19.5 Å². The molecular formula is C15H11ClF3N2OY. The van der Waals surface area contributed by atoms with Crippen molar-refractivity contribution in [3.63, 3.8) is 0 Å². The van der Waals surface area contributed by atoms with Crippen LogP contribution in [0.15, 0.2) is 0 Å². The van der Waals surface area contributed by atoms with Crippen LogP contribution < -0.4 is 0 Å². The van der Waals surface area contributed by atoms with Crippen molar-refractivity contribution in [1.29, 1.82) is 0 Å². The van der Waals surface area contributed by atoms with Crippen LogP contribution in [0.1, 0.15) is 21.9 Å². The predicted molar refractivity (Wildman–Crippen MR) is 71.6 cm³/mol. The van der Waals surface area contributed by atoms with Crippen LogP contribution in [0.25, 0.3) is 0 Å². The molecular weight excluding hydrogens is 406 g/mol. The maximum absolute atomic E-state index is 13.0. The van der Waals surface area contributed by atoms with Crippen molar-refractivity contribution in [3.8, 4) is 0 Å². The largest absolute Gasteiger partial charge is 3.00 e. The Labute approximate surface area is 161 Å². The number of aryl methyl sites for hydroxylation is 2. The standard InChI is InChI=1S/C15H11ClF3N2O.Y/c1-5-6(2)21-13(16)11(20-5)12(22)9-7-3-14(15(17,18)19)4-8(9)10(7)14;/h3-4,7-8,10H,1-2H3;/q-3;+3. The van der Waals surface area contributed by atoms with Crippen molar-refractivity contribution in [2.45, 2.75) is 20.0 Å². The minimum Gasteiger partial charge on any atom is -0.353 e. The quantitative estimate of drug-likeness (QED) is 0.549. The van der Waals surface area contributed by atoms with Gasteiger partial charge in [0.15, 0.2) is 0 Å². The third kappa shape index (κ3) is 2.04. The first-order chi connectivity index (χ1) is 10.2. The fourth-order valence-electron chi connectivity index (χ4n) is 3.87.